The van der Waals surface area contributed by atoms with Gasteiger partial charge in [0.15, 0.2) is 0 Å². The molecule has 0 atom stereocenters. The van der Waals surface area contributed by atoms with Crippen LogP contribution >= 0.6 is 11.3 Å². The number of hydrogen-bond acceptors (Lipinski definition) is 7. The molecule has 2 aromatic heterocycles. The molecule has 7 heteroatoms. The van der Waals surface area contributed by atoms with Gasteiger partial charge in [0.25, 0.3) is 0 Å². The number of thiophene rings is 1. The summed E-state index contributed by atoms with van der Waals surface area (Å²) in [7, 11) is 0. The van der Waals surface area contributed by atoms with Crippen molar-refractivity contribution in [3.63, 3.8) is 0 Å². The van der Waals surface area contributed by atoms with E-state index in [1.165, 1.54) is 0 Å². The molecule has 0 saturated carbocycles. The molecule has 0 bridgehead atoms. The maximum Gasteiger partial charge on any atom is 0.350 e. The molecule has 0 saturated heterocycles. The van der Waals surface area contributed by atoms with Crippen molar-refractivity contribution in [3.05, 3.63) is 21.7 Å². The van der Waals surface area contributed by atoms with E-state index >= 15 is 0 Å². The highest BCUT2D eigenvalue weighted by Crippen LogP contribution is 2.39. The number of anilines is 1. The number of nitrogen functional groups attached to an aromatic ring is 1. The predicted octanol–water partition coefficient (Wildman–Crippen LogP) is 3.11. The van der Waals surface area contributed by atoms with E-state index in [-0.39, 0.29) is 13.2 Å². The highest BCUT2D eigenvalue weighted by atomic mass is 32.1. The molecule has 24 heavy (non-hydrogen) atoms. The summed E-state index contributed by atoms with van der Waals surface area (Å²) in [5.41, 5.74) is 8.84. The fourth-order valence-electron chi connectivity index (χ4n) is 3.12. The molecule has 6 nitrogen and oxygen atoms in total. The standard InChI is InChI=1S/C17H20N2O4S/c1-3-22-16(20)11-9-7-5-6-8-10(9)19-13-12(11)15(18)24-14(13)17(21)23-4-2/h3-8,18H2,1-2H3. The van der Waals surface area contributed by atoms with Crippen molar-refractivity contribution in [1.29, 1.82) is 0 Å². The van der Waals surface area contributed by atoms with E-state index in [1.54, 1.807) is 13.8 Å². The summed E-state index contributed by atoms with van der Waals surface area (Å²) in [5, 5.41) is 0.930. The van der Waals surface area contributed by atoms with E-state index in [0.29, 0.717) is 26.3 Å². The zero-order valence-corrected chi connectivity index (χ0v) is 14.6. The summed E-state index contributed by atoms with van der Waals surface area (Å²) < 4.78 is 10.3. The normalized spacial score (nSPS) is 13.6. The van der Waals surface area contributed by atoms with Crippen molar-refractivity contribution in [1.82, 2.24) is 4.98 Å². The molecule has 128 valence electrons. The number of hydrogen-bond donors (Lipinski definition) is 1. The Labute approximate surface area is 144 Å². The highest BCUT2D eigenvalue weighted by Gasteiger charge is 2.29. The Kier molecular flexibility index (Phi) is 4.71. The molecule has 0 aliphatic heterocycles. The van der Waals surface area contributed by atoms with Gasteiger partial charge in [0.2, 0.25) is 0 Å². The van der Waals surface area contributed by atoms with Crippen LogP contribution in [0.2, 0.25) is 0 Å². The van der Waals surface area contributed by atoms with Crippen LogP contribution in [0.15, 0.2) is 0 Å². The summed E-state index contributed by atoms with van der Waals surface area (Å²) in [6, 6.07) is 0. The second-order valence-corrected chi connectivity index (χ2v) is 6.63. The number of carbonyl (C=O) groups excluding carboxylic acids is 2. The van der Waals surface area contributed by atoms with Gasteiger partial charge in [0, 0.05) is 5.69 Å². The zero-order valence-electron chi connectivity index (χ0n) is 13.8. The Bertz CT molecular complexity index is 813. The van der Waals surface area contributed by atoms with Crippen LogP contribution in [0.4, 0.5) is 5.00 Å². The van der Waals surface area contributed by atoms with Gasteiger partial charge in [-0.15, -0.1) is 11.3 Å². The lowest BCUT2D eigenvalue weighted by Crippen LogP contribution is -2.16. The smallest absolute Gasteiger partial charge is 0.350 e. The number of ether oxygens (including phenoxy) is 2. The Morgan fingerprint density at radius 2 is 1.79 bits per heavy atom. The van der Waals surface area contributed by atoms with Gasteiger partial charge in [-0.05, 0) is 45.1 Å². The van der Waals surface area contributed by atoms with Gasteiger partial charge in [-0.2, -0.15) is 0 Å². The Morgan fingerprint density at radius 1 is 1.12 bits per heavy atom. The predicted molar refractivity (Wildman–Crippen MR) is 92.6 cm³/mol. The molecule has 0 amide bonds. The average molecular weight is 348 g/mol. The summed E-state index contributed by atoms with van der Waals surface area (Å²) in [6.45, 7) is 4.07. The second-order valence-electron chi connectivity index (χ2n) is 5.58. The third-order valence-electron chi connectivity index (χ3n) is 4.09. The number of aromatic nitrogens is 1. The first-order valence-corrected chi connectivity index (χ1v) is 8.98. The quantitative estimate of drug-likeness (QED) is 0.854. The summed E-state index contributed by atoms with van der Waals surface area (Å²) in [5.74, 6) is -0.856. The van der Waals surface area contributed by atoms with Crippen LogP contribution in [0.3, 0.4) is 0 Å². The number of carbonyl (C=O) groups is 2. The molecule has 2 aromatic rings. The first-order valence-electron chi connectivity index (χ1n) is 8.16. The topological polar surface area (TPSA) is 91.5 Å². The summed E-state index contributed by atoms with van der Waals surface area (Å²) >= 11 is 1.12. The first kappa shape index (κ1) is 16.7. The van der Waals surface area contributed by atoms with Crippen molar-refractivity contribution in [2.45, 2.75) is 39.5 Å². The maximum absolute atomic E-state index is 12.6. The van der Waals surface area contributed by atoms with E-state index in [0.717, 1.165) is 48.3 Å². The lowest BCUT2D eigenvalue weighted by molar-refractivity contribution is 0.0518. The molecule has 0 aromatic carbocycles. The number of pyridine rings is 1. The van der Waals surface area contributed by atoms with E-state index in [4.69, 9.17) is 15.2 Å². The van der Waals surface area contributed by atoms with Gasteiger partial charge < -0.3 is 15.2 Å². The van der Waals surface area contributed by atoms with Crippen LogP contribution < -0.4 is 5.73 Å². The van der Waals surface area contributed by atoms with Crippen molar-refractivity contribution < 1.29 is 19.1 Å². The summed E-state index contributed by atoms with van der Waals surface area (Å²) in [4.78, 5) is 29.8. The number of nitrogens with zero attached hydrogens (tertiary/aromatic N) is 1. The molecule has 0 unspecified atom stereocenters. The molecular formula is C17H20N2O4S. The van der Waals surface area contributed by atoms with Gasteiger partial charge in [-0.3, -0.25) is 4.98 Å². The van der Waals surface area contributed by atoms with Gasteiger partial charge in [0.05, 0.1) is 34.7 Å². The number of aryl methyl sites for hydroxylation is 1. The molecule has 0 fully saturated rings. The minimum Gasteiger partial charge on any atom is -0.462 e. The van der Waals surface area contributed by atoms with E-state index in [2.05, 4.69) is 4.98 Å². The maximum atomic E-state index is 12.6. The van der Waals surface area contributed by atoms with Crippen LogP contribution in [-0.2, 0) is 22.3 Å². The van der Waals surface area contributed by atoms with Crippen LogP contribution in [0, 0.1) is 0 Å². The average Bonchev–Trinajstić information content (AvgIpc) is 2.90. The van der Waals surface area contributed by atoms with E-state index in [1.807, 2.05) is 0 Å². The van der Waals surface area contributed by atoms with Crippen molar-refractivity contribution >= 4 is 39.2 Å². The fraction of sp³-hybridized carbons (Fsp3) is 0.471. The van der Waals surface area contributed by atoms with Gasteiger partial charge >= 0.3 is 11.9 Å². The van der Waals surface area contributed by atoms with Crippen molar-refractivity contribution in [3.8, 4) is 0 Å². The lowest BCUT2D eigenvalue weighted by atomic mass is 9.90. The SMILES string of the molecule is CCOC(=O)c1sc(N)c2c(C(=O)OCC)c3c(nc12)CCCC3. The second kappa shape index (κ2) is 6.76. The number of esters is 2. The minimum absolute atomic E-state index is 0.272. The fourth-order valence-corrected chi connectivity index (χ4v) is 4.03. The van der Waals surface area contributed by atoms with Crippen molar-refractivity contribution in [2.24, 2.45) is 0 Å². The number of fused-ring (bicyclic) bond motifs is 2. The monoisotopic (exact) mass is 348 g/mol. The van der Waals surface area contributed by atoms with Crippen LogP contribution in [-0.4, -0.2) is 30.1 Å². The van der Waals surface area contributed by atoms with Gasteiger partial charge in [-0.25, -0.2) is 9.59 Å². The van der Waals surface area contributed by atoms with Crippen LogP contribution in [0.5, 0.6) is 0 Å². The van der Waals surface area contributed by atoms with E-state index < -0.39 is 11.9 Å². The van der Waals surface area contributed by atoms with Crippen molar-refractivity contribution in [2.75, 3.05) is 18.9 Å². The van der Waals surface area contributed by atoms with Crippen LogP contribution in [0.1, 0.15) is 58.0 Å². The molecule has 1 aliphatic rings. The Morgan fingerprint density at radius 3 is 2.50 bits per heavy atom. The molecule has 3 rings (SSSR count). The largest absolute Gasteiger partial charge is 0.462 e. The van der Waals surface area contributed by atoms with Crippen LogP contribution in [0.25, 0.3) is 10.9 Å². The molecule has 2 heterocycles. The Hall–Kier alpha value is -2.15. The minimum atomic E-state index is -0.456. The molecular weight excluding hydrogens is 328 g/mol. The molecule has 2 N–H and O–H groups in total. The molecule has 0 radical (unpaired) electrons. The van der Waals surface area contributed by atoms with Gasteiger partial charge in [-0.1, -0.05) is 0 Å². The molecule has 0 spiro atoms. The zero-order chi connectivity index (χ0) is 17.3. The third-order valence-corrected chi connectivity index (χ3v) is 5.08. The summed E-state index contributed by atoms with van der Waals surface area (Å²) in [6.07, 6.45) is 3.58. The Balaban J connectivity index is 2.29. The first-order chi connectivity index (χ1) is 11.6. The third kappa shape index (κ3) is 2.73. The van der Waals surface area contributed by atoms with Gasteiger partial charge in [0.1, 0.15) is 4.88 Å². The van der Waals surface area contributed by atoms with E-state index in [9.17, 15) is 9.59 Å². The molecule has 1 aliphatic carbocycles. The number of nitrogens with two attached hydrogens (primary N) is 1. The highest BCUT2D eigenvalue weighted by molar-refractivity contribution is 7.19. The lowest BCUT2D eigenvalue weighted by Gasteiger charge is -2.19. The number of rotatable bonds is 4.